The molecule has 2 N–H and O–H groups in total. The highest BCUT2D eigenvalue weighted by Gasteiger charge is 2.39. The Labute approximate surface area is 238 Å². The molecule has 214 valence electrons. The molecule has 0 saturated carbocycles. The minimum absolute atomic E-state index is 0.00361. The second kappa shape index (κ2) is 13.3. The highest BCUT2D eigenvalue weighted by molar-refractivity contribution is 7.92. The lowest BCUT2D eigenvalue weighted by Crippen LogP contribution is -2.45. The summed E-state index contributed by atoms with van der Waals surface area (Å²) in [5, 5.41) is 9.52. The summed E-state index contributed by atoms with van der Waals surface area (Å²) in [6, 6.07) is 23.5. The third-order valence-electron chi connectivity index (χ3n) is 7.97. The van der Waals surface area contributed by atoms with E-state index >= 15 is 0 Å². The van der Waals surface area contributed by atoms with E-state index in [4.69, 9.17) is 9.47 Å². The summed E-state index contributed by atoms with van der Waals surface area (Å²) in [5.41, 5.74) is 3.11. The number of rotatable bonds is 8. The number of nitrogens with zero attached hydrogens (tertiary/aromatic N) is 1. The number of nitrogens with one attached hydrogen (secondary N) is 1. The van der Waals surface area contributed by atoms with E-state index in [0.29, 0.717) is 5.69 Å². The second-order valence-corrected chi connectivity index (χ2v) is 12.6. The zero-order valence-corrected chi connectivity index (χ0v) is 23.9. The van der Waals surface area contributed by atoms with Crippen molar-refractivity contribution in [3.05, 3.63) is 95.6 Å². The minimum atomic E-state index is -3.73. The molecule has 3 aromatic carbocycles. The Morgan fingerprint density at radius 3 is 2.25 bits per heavy atom. The van der Waals surface area contributed by atoms with Crippen molar-refractivity contribution in [2.24, 2.45) is 5.92 Å². The van der Waals surface area contributed by atoms with Gasteiger partial charge in [0.1, 0.15) is 0 Å². The van der Waals surface area contributed by atoms with Crippen molar-refractivity contribution in [3.63, 3.8) is 0 Å². The molecular formula is C32H40N2O5S. The fourth-order valence-corrected chi connectivity index (χ4v) is 6.71. The molecule has 2 fully saturated rings. The number of anilines is 1. The van der Waals surface area contributed by atoms with E-state index in [1.54, 1.807) is 42.5 Å². The smallest absolute Gasteiger partial charge is 0.261 e. The number of aliphatic hydroxyl groups is 1. The van der Waals surface area contributed by atoms with Gasteiger partial charge in [0, 0.05) is 23.7 Å². The fraction of sp³-hybridized carbons (Fsp3) is 0.438. The molecule has 0 aliphatic carbocycles. The molecule has 3 aromatic rings. The summed E-state index contributed by atoms with van der Waals surface area (Å²) in [5.74, 6) is 0.0985. The van der Waals surface area contributed by atoms with Crippen LogP contribution in [0.1, 0.15) is 68.1 Å². The van der Waals surface area contributed by atoms with Crippen LogP contribution in [0.3, 0.4) is 0 Å². The van der Waals surface area contributed by atoms with Gasteiger partial charge in [-0.3, -0.25) is 4.72 Å². The van der Waals surface area contributed by atoms with Crippen molar-refractivity contribution in [1.82, 2.24) is 4.90 Å². The number of ether oxygens (including phenoxy) is 2. The van der Waals surface area contributed by atoms with Crippen LogP contribution in [0.25, 0.3) is 0 Å². The van der Waals surface area contributed by atoms with Gasteiger partial charge in [-0.05, 0) is 61.3 Å². The predicted octanol–water partition coefficient (Wildman–Crippen LogP) is 6.04. The van der Waals surface area contributed by atoms with E-state index < -0.39 is 16.3 Å². The monoisotopic (exact) mass is 564 g/mol. The second-order valence-electron chi connectivity index (χ2n) is 10.9. The van der Waals surface area contributed by atoms with Gasteiger partial charge in [-0.2, -0.15) is 0 Å². The summed E-state index contributed by atoms with van der Waals surface area (Å²) in [6.07, 6.45) is 5.34. The number of benzene rings is 3. The van der Waals surface area contributed by atoms with Crippen molar-refractivity contribution in [3.8, 4) is 0 Å². The maximum Gasteiger partial charge on any atom is 0.261 e. The molecule has 40 heavy (non-hydrogen) atoms. The Bertz CT molecular complexity index is 1320. The lowest BCUT2D eigenvalue weighted by atomic mass is 9.89. The molecule has 2 saturated heterocycles. The molecule has 0 aromatic heterocycles. The molecule has 0 bridgehead atoms. The van der Waals surface area contributed by atoms with Gasteiger partial charge in [0.15, 0.2) is 6.29 Å². The van der Waals surface area contributed by atoms with E-state index in [1.165, 1.54) is 32.1 Å². The Hall–Kier alpha value is -2.75. The normalized spacial score (nSPS) is 24.6. The molecule has 0 amide bonds. The molecule has 0 unspecified atom stereocenters. The first-order valence-electron chi connectivity index (χ1n) is 14.3. The Kier molecular flexibility index (Phi) is 9.55. The van der Waals surface area contributed by atoms with Crippen LogP contribution in [0.15, 0.2) is 83.8 Å². The molecule has 2 aliphatic rings. The number of sulfonamides is 1. The van der Waals surface area contributed by atoms with E-state index in [-0.39, 0.29) is 29.6 Å². The predicted molar refractivity (Wildman–Crippen MR) is 156 cm³/mol. The molecule has 0 spiro atoms. The average Bonchev–Trinajstić information content (AvgIpc) is 2.96. The first kappa shape index (κ1) is 28.8. The summed E-state index contributed by atoms with van der Waals surface area (Å²) in [7, 11) is -3.73. The summed E-state index contributed by atoms with van der Waals surface area (Å²) in [4.78, 5) is 2.73. The molecule has 2 aliphatic heterocycles. The van der Waals surface area contributed by atoms with Gasteiger partial charge in [0.25, 0.3) is 10.0 Å². The zero-order valence-electron chi connectivity index (χ0n) is 23.1. The van der Waals surface area contributed by atoms with Crippen LogP contribution in [-0.2, 0) is 26.1 Å². The van der Waals surface area contributed by atoms with Crippen molar-refractivity contribution in [2.45, 2.75) is 69.0 Å². The van der Waals surface area contributed by atoms with Gasteiger partial charge in [-0.25, -0.2) is 8.42 Å². The standard InChI is InChI=1S/C32H40N2O5S/c1-24-30(22-34-19-8-3-2-4-9-20-34)38-32(39-31(24)26-17-15-25(23-35)16-18-26)27-11-10-12-28(21-27)33-40(36,37)29-13-6-5-7-14-29/h5-7,10-18,21,24,30-33,35H,2-4,8-9,19-20,22-23H2,1H3/t24-,30+,31+,32+/m1/s1. The fourth-order valence-electron chi connectivity index (χ4n) is 5.64. The number of aliphatic hydroxyl groups excluding tert-OH is 1. The van der Waals surface area contributed by atoms with E-state index in [9.17, 15) is 13.5 Å². The average molecular weight is 565 g/mol. The van der Waals surface area contributed by atoms with Crippen LogP contribution in [0.2, 0.25) is 0 Å². The maximum absolute atomic E-state index is 13.0. The van der Waals surface area contributed by atoms with Crippen molar-refractivity contribution >= 4 is 15.7 Å². The topological polar surface area (TPSA) is 88.1 Å². The van der Waals surface area contributed by atoms with Crippen LogP contribution in [0.4, 0.5) is 5.69 Å². The van der Waals surface area contributed by atoms with Crippen molar-refractivity contribution in [1.29, 1.82) is 0 Å². The molecule has 7 nitrogen and oxygen atoms in total. The third kappa shape index (κ3) is 7.11. The Morgan fingerprint density at radius 1 is 0.850 bits per heavy atom. The van der Waals surface area contributed by atoms with Gasteiger partial charge in [0.05, 0.1) is 23.7 Å². The largest absolute Gasteiger partial charge is 0.392 e. The van der Waals surface area contributed by atoms with Gasteiger partial charge < -0.3 is 19.5 Å². The van der Waals surface area contributed by atoms with E-state index in [2.05, 4.69) is 16.5 Å². The van der Waals surface area contributed by atoms with Gasteiger partial charge in [-0.1, -0.05) is 80.8 Å². The molecule has 0 radical (unpaired) electrons. The quantitative estimate of drug-likeness (QED) is 0.347. The van der Waals surface area contributed by atoms with Crippen molar-refractivity contribution in [2.75, 3.05) is 24.4 Å². The lowest BCUT2D eigenvalue weighted by Gasteiger charge is -2.43. The van der Waals surface area contributed by atoms with Crippen LogP contribution >= 0.6 is 0 Å². The molecular weight excluding hydrogens is 524 g/mol. The van der Waals surface area contributed by atoms with Crippen LogP contribution in [-0.4, -0.2) is 44.2 Å². The third-order valence-corrected chi connectivity index (χ3v) is 9.37. The lowest BCUT2D eigenvalue weighted by molar-refractivity contribution is -0.276. The molecule has 5 rings (SSSR count). The molecule has 2 heterocycles. The highest BCUT2D eigenvalue weighted by atomic mass is 32.2. The first-order valence-corrected chi connectivity index (χ1v) is 15.8. The summed E-state index contributed by atoms with van der Waals surface area (Å²) < 4.78 is 41.8. The first-order chi connectivity index (χ1) is 19.4. The minimum Gasteiger partial charge on any atom is -0.392 e. The Balaban J connectivity index is 1.40. The van der Waals surface area contributed by atoms with E-state index in [0.717, 1.165) is 36.3 Å². The van der Waals surface area contributed by atoms with Crippen LogP contribution in [0.5, 0.6) is 0 Å². The maximum atomic E-state index is 13.0. The molecule has 8 heteroatoms. The summed E-state index contributed by atoms with van der Waals surface area (Å²) in [6.45, 7) is 5.15. The van der Waals surface area contributed by atoms with Gasteiger partial charge in [-0.15, -0.1) is 0 Å². The number of hydrogen-bond donors (Lipinski definition) is 2. The van der Waals surface area contributed by atoms with Crippen LogP contribution in [0, 0.1) is 5.92 Å². The van der Waals surface area contributed by atoms with E-state index in [1.807, 2.05) is 36.4 Å². The molecule has 4 atom stereocenters. The van der Waals surface area contributed by atoms with Crippen LogP contribution < -0.4 is 4.72 Å². The SMILES string of the molecule is C[C@@H]1[C@H](CN2CCCCCCC2)O[C@H](c2cccc(NS(=O)(=O)c3ccccc3)c2)O[C@@H]1c1ccc(CO)cc1. The van der Waals surface area contributed by atoms with Crippen molar-refractivity contribution < 1.29 is 23.0 Å². The Morgan fingerprint density at radius 2 is 1.55 bits per heavy atom. The van der Waals surface area contributed by atoms with Gasteiger partial charge >= 0.3 is 0 Å². The zero-order chi connectivity index (χ0) is 28.0. The highest BCUT2D eigenvalue weighted by Crippen LogP contribution is 2.42. The van der Waals surface area contributed by atoms with Gasteiger partial charge in [0.2, 0.25) is 0 Å². The number of likely N-dealkylation sites (tertiary alicyclic amines) is 1. The summed E-state index contributed by atoms with van der Waals surface area (Å²) >= 11 is 0. The number of hydrogen-bond acceptors (Lipinski definition) is 6.